The van der Waals surface area contributed by atoms with E-state index in [0.29, 0.717) is 19.5 Å². The molecule has 0 aliphatic carbocycles. The summed E-state index contributed by atoms with van der Waals surface area (Å²) < 4.78 is 5.44. The second kappa shape index (κ2) is 7.29. The van der Waals surface area contributed by atoms with Crippen molar-refractivity contribution in [2.75, 3.05) is 13.2 Å². The third-order valence-corrected chi connectivity index (χ3v) is 3.82. The summed E-state index contributed by atoms with van der Waals surface area (Å²) in [5.41, 5.74) is 6.28. The van der Waals surface area contributed by atoms with Crippen molar-refractivity contribution in [2.45, 2.75) is 31.9 Å². The van der Waals surface area contributed by atoms with Gasteiger partial charge in [-0.05, 0) is 18.9 Å². The Morgan fingerprint density at radius 2 is 2.53 bits per heavy atom. The first-order chi connectivity index (χ1) is 9.28. The van der Waals surface area contributed by atoms with Gasteiger partial charge < -0.3 is 15.8 Å². The monoisotopic (exact) mass is 278 g/mol. The van der Waals surface area contributed by atoms with Crippen LogP contribution in [0.4, 0.5) is 0 Å². The van der Waals surface area contributed by atoms with Crippen LogP contribution in [0.25, 0.3) is 0 Å². The molecular formula is C14H18N2O2S. The van der Waals surface area contributed by atoms with E-state index in [9.17, 15) is 4.79 Å². The third kappa shape index (κ3) is 4.67. The molecule has 1 saturated heterocycles. The molecule has 19 heavy (non-hydrogen) atoms. The van der Waals surface area contributed by atoms with Crippen LogP contribution in [0.15, 0.2) is 11.4 Å². The molecule has 1 fully saturated rings. The summed E-state index contributed by atoms with van der Waals surface area (Å²) in [5, 5.41) is 4.89. The highest BCUT2D eigenvalue weighted by Crippen LogP contribution is 2.16. The lowest BCUT2D eigenvalue weighted by atomic mass is 10.2. The zero-order chi connectivity index (χ0) is 13.5. The molecule has 0 aromatic carbocycles. The Hall–Kier alpha value is -1.35. The standard InChI is InChI=1S/C14H18N2O2S/c15-5-1-3-11-7-13(19-10-11)9-16-14(17)8-12-4-2-6-18-12/h7,10,12H,2,4-6,8-9,15H2,(H,16,17). The first-order valence-corrected chi connectivity index (χ1v) is 7.30. The molecule has 102 valence electrons. The minimum atomic E-state index is 0.0508. The van der Waals surface area contributed by atoms with E-state index in [0.717, 1.165) is 29.9 Å². The maximum atomic E-state index is 11.7. The average molecular weight is 278 g/mol. The minimum Gasteiger partial charge on any atom is -0.378 e. The quantitative estimate of drug-likeness (QED) is 0.815. The average Bonchev–Trinajstić information content (AvgIpc) is 3.05. The van der Waals surface area contributed by atoms with Crippen molar-refractivity contribution in [3.05, 3.63) is 21.9 Å². The van der Waals surface area contributed by atoms with E-state index in [4.69, 9.17) is 10.5 Å². The predicted octanol–water partition coefficient (Wildman–Crippen LogP) is 1.24. The highest BCUT2D eigenvalue weighted by molar-refractivity contribution is 7.10. The summed E-state index contributed by atoms with van der Waals surface area (Å²) >= 11 is 1.60. The van der Waals surface area contributed by atoms with Gasteiger partial charge in [0.1, 0.15) is 0 Å². The fourth-order valence-electron chi connectivity index (χ4n) is 1.96. The number of thiophene rings is 1. The van der Waals surface area contributed by atoms with Crippen LogP contribution in [0.5, 0.6) is 0 Å². The van der Waals surface area contributed by atoms with Crippen molar-refractivity contribution in [1.29, 1.82) is 0 Å². The predicted molar refractivity (Wildman–Crippen MR) is 75.7 cm³/mol. The highest BCUT2D eigenvalue weighted by Gasteiger charge is 2.18. The topological polar surface area (TPSA) is 64.3 Å². The molecule has 5 heteroatoms. The molecule has 1 aromatic heterocycles. The molecule has 0 saturated carbocycles. The molecular weight excluding hydrogens is 260 g/mol. The van der Waals surface area contributed by atoms with E-state index < -0.39 is 0 Å². The molecule has 1 atom stereocenters. The largest absolute Gasteiger partial charge is 0.378 e. The molecule has 2 rings (SSSR count). The Bertz CT molecular complexity index is 481. The molecule has 3 N–H and O–H groups in total. The first-order valence-electron chi connectivity index (χ1n) is 6.42. The van der Waals surface area contributed by atoms with Gasteiger partial charge in [-0.25, -0.2) is 0 Å². The van der Waals surface area contributed by atoms with Crippen molar-refractivity contribution in [2.24, 2.45) is 5.73 Å². The maximum Gasteiger partial charge on any atom is 0.222 e. The normalized spacial score (nSPS) is 17.8. The number of rotatable bonds is 4. The van der Waals surface area contributed by atoms with Crippen LogP contribution in [-0.4, -0.2) is 25.2 Å². The van der Waals surface area contributed by atoms with E-state index >= 15 is 0 Å². The van der Waals surface area contributed by atoms with Crippen LogP contribution in [0, 0.1) is 11.8 Å². The summed E-state index contributed by atoms with van der Waals surface area (Å²) in [6.45, 7) is 1.70. The fraction of sp³-hybridized carbons (Fsp3) is 0.500. The molecule has 0 radical (unpaired) electrons. The van der Waals surface area contributed by atoms with E-state index in [1.54, 1.807) is 11.3 Å². The Morgan fingerprint density at radius 1 is 1.63 bits per heavy atom. The van der Waals surface area contributed by atoms with Gasteiger partial charge in [-0.15, -0.1) is 11.3 Å². The zero-order valence-electron chi connectivity index (χ0n) is 10.8. The van der Waals surface area contributed by atoms with Gasteiger partial charge in [-0.1, -0.05) is 11.8 Å². The number of nitrogens with one attached hydrogen (secondary N) is 1. The number of amides is 1. The summed E-state index contributed by atoms with van der Waals surface area (Å²) in [5.74, 6) is 5.84. The van der Waals surface area contributed by atoms with E-state index in [-0.39, 0.29) is 12.0 Å². The Labute approximate surface area is 117 Å². The highest BCUT2D eigenvalue weighted by atomic mass is 32.1. The van der Waals surface area contributed by atoms with Crippen molar-refractivity contribution in [3.8, 4) is 11.8 Å². The second-order valence-corrected chi connectivity index (χ2v) is 5.42. The number of carbonyl (C=O) groups excluding carboxylic acids is 1. The van der Waals surface area contributed by atoms with Crippen LogP contribution < -0.4 is 11.1 Å². The lowest BCUT2D eigenvalue weighted by Gasteiger charge is -2.08. The van der Waals surface area contributed by atoms with Crippen LogP contribution in [0.3, 0.4) is 0 Å². The van der Waals surface area contributed by atoms with Gasteiger partial charge in [0.2, 0.25) is 5.91 Å². The summed E-state index contributed by atoms with van der Waals surface area (Å²) in [6, 6.07) is 1.99. The van der Waals surface area contributed by atoms with Gasteiger partial charge in [-0.2, -0.15) is 0 Å². The van der Waals surface area contributed by atoms with Crippen LogP contribution in [-0.2, 0) is 16.1 Å². The Balaban J connectivity index is 1.75. The lowest BCUT2D eigenvalue weighted by molar-refractivity contribution is -0.123. The van der Waals surface area contributed by atoms with Crippen LogP contribution in [0.2, 0.25) is 0 Å². The number of nitrogens with two attached hydrogens (primary N) is 1. The number of carbonyl (C=O) groups is 1. The van der Waals surface area contributed by atoms with E-state index in [1.807, 2.05) is 11.4 Å². The molecule has 1 aliphatic rings. The molecule has 1 amide bonds. The smallest absolute Gasteiger partial charge is 0.222 e. The lowest BCUT2D eigenvalue weighted by Crippen LogP contribution is -2.26. The molecule has 1 aromatic rings. The van der Waals surface area contributed by atoms with Gasteiger partial charge in [0.05, 0.1) is 25.6 Å². The van der Waals surface area contributed by atoms with Gasteiger partial charge in [0, 0.05) is 22.4 Å². The summed E-state index contributed by atoms with van der Waals surface area (Å²) in [4.78, 5) is 12.8. The second-order valence-electron chi connectivity index (χ2n) is 4.42. The van der Waals surface area contributed by atoms with Gasteiger partial charge in [0.15, 0.2) is 0 Å². The zero-order valence-corrected chi connectivity index (χ0v) is 11.6. The Morgan fingerprint density at radius 3 is 3.26 bits per heavy atom. The van der Waals surface area contributed by atoms with E-state index in [2.05, 4.69) is 17.2 Å². The van der Waals surface area contributed by atoms with Crippen molar-refractivity contribution >= 4 is 17.2 Å². The molecule has 0 spiro atoms. The van der Waals surface area contributed by atoms with Gasteiger partial charge in [-0.3, -0.25) is 4.79 Å². The van der Waals surface area contributed by atoms with Crippen molar-refractivity contribution in [3.63, 3.8) is 0 Å². The molecule has 4 nitrogen and oxygen atoms in total. The number of ether oxygens (including phenoxy) is 1. The number of hydrogen-bond acceptors (Lipinski definition) is 4. The van der Waals surface area contributed by atoms with Crippen molar-refractivity contribution < 1.29 is 9.53 Å². The molecule has 2 heterocycles. The maximum absolute atomic E-state index is 11.7. The van der Waals surface area contributed by atoms with Gasteiger partial charge in [0.25, 0.3) is 0 Å². The number of hydrogen-bond donors (Lipinski definition) is 2. The van der Waals surface area contributed by atoms with E-state index in [1.165, 1.54) is 0 Å². The van der Waals surface area contributed by atoms with Crippen molar-refractivity contribution in [1.82, 2.24) is 5.32 Å². The van der Waals surface area contributed by atoms with Gasteiger partial charge >= 0.3 is 0 Å². The molecule has 0 bridgehead atoms. The fourth-order valence-corrected chi connectivity index (χ4v) is 2.72. The Kier molecular flexibility index (Phi) is 5.40. The molecule has 1 unspecified atom stereocenters. The third-order valence-electron chi connectivity index (χ3n) is 2.89. The summed E-state index contributed by atoms with van der Waals surface area (Å²) in [6.07, 6.45) is 2.62. The van der Waals surface area contributed by atoms with Crippen LogP contribution >= 0.6 is 11.3 Å². The first kappa shape index (κ1) is 14.1. The SMILES string of the molecule is NCC#Cc1csc(CNC(=O)CC2CCCO2)c1. The van der Waals surface area contributed by atoms with Crippen LogP contribution in [0.1, 0.15) is 29.7 Å². The minimum absolute atomic E-state index is 0.0508. The summed E-state index contributed by atoms with van der Waals surface area (Å²) in [7, 11) is 0. The molecule has 1 aliphatic heterocycles.